The molecular formula is C17H23NO3. The van der Waals surface area contributed by atoms with Gasteiger partial charge >= 0.3 is 6.09 Å². The van der Waals surface area contributed by atoms with Gasteiger partial charge in [0, 0.05) is 6.54 Å². The second-order valence-electron chi connectivity index (χ2n) is 4.37. The number of ether oxygens (including phenoxy) is 2. The van der Waals surface area contributed by atoms with E-state index < -0.39 is 6.09 Å². The smallest absolute Gasteiger partial charge is 0.412 e. The molecule has 114 valence electrons. The maximum absolute atomic E-state index is 11.5. The second kappa shape index (κ2) is 10.5. The highest BCUT2D eigenvalue weighted by atomic mass is 16.6. The summed E-state index contributed by atoms with van der Waals surface area (Å²) in [6.07, 6.45) is 10.9. The minimum Gasteiger partial charge on any atom is -0.497 e. The van der Waals surface area contributed by atoms with Crippen LogP contribution < -0.4 is 14.8 Å². The van der Waals surface area contributed by atoms with Crippen LogP contribution in [0.3, 0.4) is 0 Å². The molecule has 0 heterocycles. The van der Waals surface area contributed by atoms with Gasteiger partial charge in [-0.25, -0.2) is 4.79 Å². The highest BCUT2D eigenvalue weighted by Crippen LogP contribution is 2.16. The Kier molecular flexibility index (Phi) is 8.45. The first-order chi connectivity index (χ1) is 10.3. The molecule has 0 aliphatic carbocycles. The van der Waals surface area contributed by atoms with Crippen molar-refractivity contribution in [2.75, 3.05) is 13.7 Å². The Morgan fingerprint density at radius 3 is 2.29 bits per heavy atom. The summed E-state index contributed by atoms with van der Waals surface area (Å²) >= 11 is 0. The molecule has 4 nitrogen and oxygen atoms in total. The van der Waals surface area contributed by atoms with Crippen molar-refractivity contribution in [2.24, 2.45) is 0 Å². The number of methoxy groups -OCH3 is 1. The van der Waals surface area contributed by atoms with E-state index in [1.54, 1.807) is 31.4 Å². The van der Waals surface area contributed by atoms with Crippen molar-refractivity contribution < 1.29 is 14.3 Å². The minimum absolute atomic E-state index is 0.462. The fourth-order valence-corrected chi connectivity index (χ4v) is 1.61. The van der Waals surface area contributed by atoms with E-state index in [-0.39, 0.29) is 0 Å². The van der Waals surface area contributed by atoms with Crippen LogP contribution >= 0.6 is 0 Å². The van der Waals surface area contributed by atoms with Gasteiger partial charge < -0.3 is 14.8 Å². The molecule has 1 aromatic rings. The molecule has 1 aromatic carbocycles. The van der Waals surface area contributed by atoms with Crippen LogP contribution in [0.25, 0.3) is 0 Å². The largest absolute Gasteiger partial charge is 0.497 e. The number of carbonyl (C=O) groups excluding carboxylic acids is 1. The van der Waals surface area contributed by atoms with Crippen LogP contribution in [0.5, 0.6) is 11.5 Å². The fraction of sp³-hybridized carbons (Fsp3) is 0.353. The molecule has 0 saturated heterocycles. The van der Waals surface area contributed by atoms with Gasteiger partial charge in [-0.2, -0.15) is 0 Å². The van der Waals surface area contributed by atoms with E-state index in [0.29, 0.717) is 12.3 Å². The van der Waals surface area contributed by atoms with Crippen molar-refractivity contribution in [2.45, 2.75) is 26.2 Å². The summed E-state index contributed by atoms with van der Waals surface area (Å²) in [6, 6.07) is 6.86. The molecule has 0 bridgehead atoms. The van der Waals surface area contributed by atoms with Crippen molar-refractivity contribution >= 4 is 6.09 Å². The molecule has 0 unspecified atom stereocenters. The van der Waals surface area contributed by atoms with Crippen LogP contribution in [0.1, 0.15) is 26.2 Å². The van der Waals surface area contributed by atoms with E-state index in [1.165, 1.54) is 0 Å². The zero-order chi connectivity index (χ0) is 15.3. The summed E-state index contributed by atoms with van der Waals surface area (Å²) in [6.45, 7) is 2.58. The van der Waals surface area contributed by atoms with Crippen molar-refractivity contribution in [3.8, 4) is 11.5 Å². The number of benzene rings is 1. The van der Waals surface area contributed by atoms with Gasteiger partial charge in [0.15, 0.2) is 0 Å². The zero-order valence-electron chi connectivity index (χ0n) is 12.7. The molecule has 0 radical (unpaired) electrons. The topological polar surface area (TPSA) is 47.6 Å². The lowest BCUT2D eigenvalue weighted by Gasteiger charge is -2.05. The highest BCUT2D eigenvalue weighted by Gasteiger charge is 2.02. The van der Waals surface area contributed by atoms with Crippen molar-refractivity contribution in [3.05, 3.63) is 48.6 Å². The third-order valence-corrected chi connectivity index (χ3v) is 2.70. The van der Waals surface area contributed by atoms with E-state index in [2.05, 4.69) is 24.4 Å². The minimum atomic E-state index is -0.462. The number of hydrogen-bond donors (Lipinski definition) is 1. The molecule has 21 heavy (non-hydrogen) atoms. The Morgan fingerprint density at radius 2 is 1.67 bits per heavy atom. The zero-order valence-corrected chi connectivity index (χ0v) is 12.7. The third-order valence-electron chi connectivity index (χ3n) is 2.70. The molecule has 1 amide bonds. The number of nitrogens with one attached hydrogen (secondary N) is 1. The van der Waals surface area contributed by atoms with Gasteiger partial charge in [-0.15, -0.1) is 0 Å². The van der Waals surface area contributed by atoms with E-state index in [0.717, 1.165) is 25.0 Å². The molecule has 0 aromatic heterocycles. The van der Waals surface area contributed by atoms with Crippen molar-refractivity contribution in [1.82, 2.24) is 5.32 Å². The molecule has 1 N–H and O–H groups in total. The van der Waals surface area contributed by atoms with Crippen LogP contribution in [0.15, 0.2) is 48.6 Å². The fourth-order valence-electron chi connectivity index (χ4n) is 1.61. The van der Waals surface area contributed by atoms with Crippen LogP contribution in [0.4, 0.5) is 4.79 Å². The lowest BCUT2D eigenvalue weighted by Crippen LogP contribution is -2.26. The predicted octanol–water partition coefficient (Wildman–Crippen LogP) is 4.09. The molecule has 4 heteroatoms. The standard InChI is InChI=1S/C17H23NO3/c1-3-4-5-6-7-8-9-14-18-17(19)21-16-12-10-15(20-2)11-13-16/h4-5,8-13H,3,6-7,14H2,1-2H3,(H,18,19). The lowest BCUT2D eigenvalue weighted by molar-refractivity contribution is 0.201. The molecule has 0 fully saturated rings. The molecule has 0 aliphatic heterocycles. The second-order valence-corrected chi connectivity index (χ2v) is 4.37. The number of unbranched alkanes of at least 4 members (excludes halogenated alkanes) is 1. The Hall–Kier alpha value is -2.23. The van der Waals surface area contributed by atoms with Gasteiger partial charge in [0.2, 0.25) is 0 Å². The number of amides is 1. The maximum atomic E-state index is 11.5. The van der Waals surface area contributed by atoms with Gasteiger partial charge in [0.25, 0.3) is 0 Å². The van der Waals surface area contributed by atoms with Gasteiger partial charge in [0.1, 0.15) is 11.5 Å². The first-order valence-electron chi connectivity index (χ1n) is 7.16. The SMILES string of the molecule is CCC=CCCC=CCNC(=O)Oc1ccc(OC)cc1. The van der Waals surface area contributed by atoms with Gasteiger partial charge in [-0.3, -0.25) is 0 Å². The number of rotatable bonds is 8. The van der Waals surface area contributed by atoms with E-state index in [1.807, 2.05) is 12.2 Å². The normalized spacial score (nSPS) is 11.0. The van der Waals surface area contributed by atoms with Gasteiger partial charge in [-0.1, -0.05) is 31.2 Å². The molecular weight excluding hydrogens is 266 g/mol. The summed E-state index contributed by atoms with van der Waals surface area (Å²) in [5.74, 6) is 1.21. The molecule has 0 atom stereocenters. The summed E-state index contributed by atoms with van der Waals surface area (Å²) in [5.41, 5.74) is 0. The molecule has 0 spiro atoms. The Labute approximate surface area is 126 Å². The quantitative estimate of drug-likeness (QED) is 0.579. The monoisotopic (exact) mass is 289 g/mol. The average molecular weight is 289 g/mol. The van der Waals surface area contributed by atoms with E-state index >= 15 is 0 Å². The first kappa shape index (κ1) is 16.8. The highest BCUT2D eigenvalue weighted by molar-refractivity contribution is 5.70. The van der Waals surface area contributed by atoms with E-state index in [9.17, 15) is 4.79 Å². The molecule has 0 saturated carbocycles. The Balaban J connectivity index is 2.18. The van der Waals surface area contributed by atoms with E-state index in [4.69, 9.17) is 9.47 Å². The third kappa shape index (κ3) is 7.82. The van der Waals surface area contributed by atoms with Crippen molar-refractivity contribution in [3.63, 3.8) is 0 Å². The van der Waals surface area contributed by atoms with Crippen LogP contribution in [-0.4, -0.2) is 19.7 Å². The predicted molar refractivity (Wildman–Crippen MR) is 84.8 cm³/mol. The average Bonchev–Trinajstić information content (AvgIpc) is 2.50. The van der Waals surface area contributed by atoms with Gasteiger partial charge in [-0.05, 0) is 43.5 Å². The van der Waals surface area contributed by atoms with Crippen molar-refractivity contribution in [1.29, 1.82) is 0 Å². The molecule has 0 aliphatic rings. The first-order valence-corrected chi connectivity index (χ1v) is 7.16. The van der Waals surface area contributed by atoms with Crippen LogP contribution in [-0.2, 0) is 0 Å². The number of allylic oxidation sites excluding steroid dienone is 3. The van der Waals surface area contributed by atoms with Gasteiger partial charge in [0.05, 0.1) is 7.11 Å². The summed E-state index contributed by atoms with van der Waals surface area (Å²) in [7, 11) is 1.59. The summed E-state index contributed by atoms with van der Waals surface area (Å²) in [4.78, 5) is 11.5. The van der Waals surface area contributed by atoms with Crippen LogP contribution in [0, 0.1) is 0 Å². The number of hydrogen-bond acceptors (Lipinski definition) is 3. The summed E-state index contributed by atoms with van der Waals surface area (Å²) < 4.78 is 10.2. The maximum Gasteiger partial charge on any atom is 0.412 e. The van der Waals surface area contributed by atoms with Crippen LogP contribution in [0.2, 0.25) is 0 Å². The molecule has 1 rings (SSSR count). The Morgan fingerprint density at radius 1 is 1.05 bits per heavy atom. The lowest BCUT2D eigenvalue weighted by atomic mass is 10.2. The number of carbonyl (C=O) groups is 1. The Bertz CT molecular complexity index is 463. The summed E-state index contributed by atoms with van der Waals surface area (Å²) in [5, 5.41) is 2.66.